The summed E-state index contributed by atoms with van der Waals surface area (Å²) in [6.07, 6.45) is 3.93. The lowest BCUT2D eigenvalue weighted by Gasteiger charge is -2.40. The van der Waals surface area contributed by atoms with Crippen molar-refractivity contribution >= 4 is 5.97 Å². The molecule has 110 valence electrons. The molecule has 1 fully saturated rings. The van der Waals surface area contributed by atoms with E-state index in [0.717, 1.165) is 31.2 Å². The molecule has 2 atom stereocenters. The van der Waals surface area contributed by atoms with E-state index in [9.17, 15) is 9.90 Å². The molecule has 2 heteroatoms. The second-order valence-electron chi connectivity index (χ2n) is 7.25. The molecule has 1 aromatic rings. The Bertz CT molecular complexity index is 498. The summed E-state index contributed by atoms with van der Waals surface area (Å²) in [7, 11) is 0. The van der Waals surface area contributed by atoms with Gasteiger partial charge in [-0.3, -0.25) is 4.79 Å². The van der Waals surface area contributed by atoms with Crippen LogP contribution >= 0.6 is 0 Å². The molecule has 1 aliphatic rings. The van der Waals surface area contributed by atoms with Crippen LogP contribution in [0.15, 0.2) is 24.3 Å². The quantitative estimate of drug-likeness (QED) is 0.861. The molecule has 1 N–H and O–H groups in total. The zero-order valence-electron chi connectivity index (χ0n) is 13.1. The molecule has 1 saturated carbocycles. The van der Waals surface area contributed by atoms with Crippen molar-refractivity contribution in [2.45, 2.75) is 64.2 Å². The highest BCUT2D eigenvalue weighted by Gasteiger charge is 2.46. The summed E-state index contributed by atoms with van der Waals surface area (Å²) in [5.74, 6) is -0.459. The summed E-state index contributed by atoms with van der Waals surface area (Å²) >= 11 is 0. The Morgan fingerprint density at radius 1 is 1.30 bits per heavy atom. The molecule has 0 saturated heterocycles. The normalized spacial score (nSPS) is 27.3. The van der Waals surface area contributed by atoms with Crippen molar-refractivity contribution in [3.05, 3.63) is 35.4 Å². The Hall–Kier alpha value is -1.31. The zero-order chi connectivity index (χ0) is 15.0. The van der Waals surface area contributed by atoms with Crippen LogP contribution in [0.25, 0.3) is 0 Å². The van der Waals surface area contributed by atoms with Gasteiger partial charge in [-0.25, -0.2) is 0 Å². The van der Waals surface area contributed by atoms with Gasteiger partial charge in [-0.2, -0.15) is 0 Å². The molecule has 2 rings (SSSR count). The van der Waals surface area contributed by atoms with Crippen molar-refractivity contribution in [1.29, 1.82) is 0 Å². The van der Waals surface area contributed by atoms with E-state index >= 15 is 0 Å². The molecule has 0 radical (unpaired) electrons. The first-order valence-electron chi connectivity index (χ1n) is 7.63. The summed E-state index contributed by atoms with van der Waals surface area (Å²) in [6, 6.07) is 8.25. The van der Waals surface area contributed by atoms with Crippen LogP contribution in [-0.2, 0) is 15.6 Å². The summed E-state index contributed by atoms with van der Waals surface area (Å²) < 4.78 is 0. The molecule has 0 aliphatic heterocycles. The van der Waals surface area contributed by atoms with Crippen LogP contribution in [0.3, 0.4) is 0 Å². The topological polar surface area (TPSA) is 37.3 Å². The number of carboxylic acid groups (broad SMARTS) is 1. The third-order valence-electron chi connectivity index (χ3n) is 4.92. The molecular weight excluding hydrogens is 248 g/mol. The van der Waals surface area contributed by atoms with E-state index in [1.807, 2.05) is 12.1 Å². The van der Waals surface area contributed by atoms with Crippen LogP contribution in [0.4, 0.5) is 0 Å². The maximum Gasteiger partial charge on any atom is 0.314 e. The van der Waals surface area contributed by atoms with Crippen LogP contribution in [0.1, 0.15) is 64.5 Å². The molecule has 1 aliphatic carbocycles. The maximum atomic E-state index is 12.0. The first-order chi connectivity index (χ1) is 9.28. The largest absolute Gasteiger partial charge is 0.481 e. The number of hydrogen-bond donors (Lipinski definition) is 1. The second-order valence-corrected chi connectivity index (χ2v) is 7.25. The predicted molar refractivity (Wildman–Crippen MR) is 82.1 cm³/mol. The van der Waals surface area contributed by atoms with Crippen molar-refractivity contribution in [3.63, 3.8) is 0 Å². The minimum absolute atomic E-state index is 0.0492. The van der Waals surface area contributed by atoms with E-state index in [1.54, 1.807) is 0 Å². The lowest BCUT2D eigenvalue weighted by atomic mass is 9.62. The van der Waals surface area contributed by atoms with Gasteiger partial charge in [-0.1, -0.05) is 64.8 Å². The van der Waals surface area contributed by atoms with Gasteiger partial charge in [0.05, 0.1) is 5.41 Å². The van der Waals surface area contributed by atoms with Crippen LogP contribution in [0, 0.1) is 5.92 Å². The Morgan fingerprint density at radius 3 is 2.55 bits per heavy atom. The minimum Gasteiger partial charge on any atom is -0.481 e. The highest BCUT2D eigenvalue weighted by atomic mass is 16.4. The monoisotopic (exact) mass is 274 g/mol. The fourth-order valence-corrected chi connectivity index (χ4v) is 3.48. The van der Waals surface area contributed by atoms with Gasteiger partial charge in [-0.15, -0.1) is 0 Å². The highest BCUT2D eigenvalue weighted by Crippen LogP contribution is 2.44. The number of aliphatic carboxylic acids is 1. The van der Waals surface area contributed by atoms with Gasteiger partial charge >= 0.3 is 5.97 Å². The lowest BCUT2D eigenvalue weighted by Crippen LogP contribution is -2.44. The van der Waals surface area contributed by atoms with Crippen LogP contribution in [0.2, 0.25) is 0 Å². The van der Waals surface area contributed by atoms with Crippen molar-refractivity contribution < 1.29 is 9.90 Å². The molecule has 0 heterocycles. The lowest BCUT2D eigenvalue weighted by molar-refractivity contribution is -0.147. The molecule has 0 bridgehead atoms. The first-order valence-corrected chi connectivity index (χ1v) is 7.63. The summed E-state index contributed by atoms with van der Waals surface area (Å²) in [6.45, 7) is 8.61. The van der Waals surface area contributed by atoms with Crippen molar-refractivity contribution in [2.75, 3.05) is 0 Å². The van der Waals surface area contributed by atoms with Gasteiger partial charge in [0.2, 0.25) is 0 Å². The molecule has 0 unspecified atom stereocenters. The summed E-state index contributed by atoms with van der Waals surface area (Å²) in [5, 5.41) is 9.91. The van der Waals surface area contributed by atoms with Gasteiger partial charge in [0.15, 0.2) is 0 Å². The highest BCUT2D eigenvalue weighted by molar-refractivity contribution is 5.82. The fourth-order valence-electron chi connectivity index (χ4n) is 3.48. The SMILES string of the molecule is C[C@H]1CCCC[C@]1(C(=O)O)c1cccc(C(C)(C)C)c1. The summed E-state index contributed by atoms with van der Waals surface area (Å²) in [5.41, 5.74) is 1.56. The number of hydrogen-bond acceptors (Lipinski definition) is 1. The Balaban J connectivity index is 2.53. The van der Waals surface area contributed by atoms with Crippen LogP contribution in [-0.4, -0.2) is 11.1 Å². The predicted octanol–water partition coefficient (Wildman–Crippen LogP) is 4.52. The van der Waals surface area contributed by atoms with E-state index < -0.39 is 11.4 Å². The first kappa shape index (κ1) is 15.1. The number of carboxylic acids is 1. The average Bonchev–Trinajstić information content (AvgIpc) is 2.38. The third kappa shape index (κ3) is 2.48. The molecule has 0 amide bonds. The number of benzene rings is 1. The zero-order valence-corrected chi connectivity index (χ0v) is 13.1. The molecular formula is C18H26O2. The molecule has 0 aromatic heterocycles. The Morgan fingerprint density at radius 2 is 2.00 bits per heavy atom. The number of carbonyl (C=O) groups is 1. The van der Waals surface area contributed by atoms with Gasteiger partial charge in [0, 0.05) is 0 Å². The van der Waals surface area contributed by atoms with Gasteiger partial charge < -0.3 is 5.11 Å². The third-order valence-corrected chi connectivity index (χ3v) is 4.92. The van der Waals surface area contributed by atoms with E-state index in [1.165, 1.54) is 5.56 Å². The van der Waals surface area contributed by atoms with Crippen molar-refractivity contribution in [2.24, 2.45) is 5.92 Å². The Labute approximate surface area is 122 Å². The van der Waals surface area contributed by atoms with Crippen LogP contribution in [0.5, 0.6) is 0 Å². The smallest absolute Gasteiger partial charge is 0.314 e. The van der Waals surface area contributed by atoms with Gasteiger partial charge in [0.1, 0.15) is 0 Å². The molecule has 20 heavy (non-hydrogen) atoms. The van der Waals surface area contributed by atoms with Crippen LogP contribution < -0.4 is 0 Å². The molecule has 0 spiro atoms. The average molecular weight is 274 g/mol. The standard InChI is InChI=1S/C18H26O2/c1-13-8-5-6-11-18(13,16(19)20)15-10-7-9-14(12-15)17(2,3)4/h7,9-10,12-13H,5-6,8,11H2,1-4H3,(H,19,20)/t13-,18+/m0/s1. The van der Waals surface area contributed by atoms with Crippen molar-refractivity contribution in [3.8, 4) is 0 Å². The van der Waals surface area contributed by atoms with E-state index in [4.69, 9.17) is 0 Å². The van der Waals surface area contributed by atoms with E-state index in [-0.39, 0.29) is 11.3 Å². The van der Waals surface area contributed by atoms with E-state index in [0.29, 0.717) is 0 Å². The Kier molecular flexibility index (Phi) is 3.95. The second kappa shape index (κ2) is 5.23. The van der Waals surface area contributed by atoms with Crippen molar-refractivity contribution in [1.82, 2.24) is 0 Å². The minimum atomic E-state index is -0.695. The number of rotatable bonds is 2. The molecule has 1 aromatic carbocycles. The summed E-state index contributed by atoms with van der Waals surface area (Å²) in [4.78, 5) is 12.0. The van der Waals surface area contributed by atoms with Gasteiger partial charge in [0.25, 0.3) is 0 Å². The maximum absolute atomic E-state index is 12.0. The molecule has 2 nitrogen and oxygen atoms in total. The van der Waals surface area contributed by atoms with Gasteiger partial charge in [-0.05, 0) is 35.3 Å². The fraction of sp³-hybridized carbons (Fsp3) is 0.611. The van der Waals surface area contributed by atoms with E-state index in [2.05, 4.69) is 39.8 Å².